The molecule has 0 fully saturated rings. The van der Waals surface area contributed by atoms with Crippen molar-refractivity contribution in [1.82, 2.24) is 0 Å². The van der Waals surface area contributed by atoms with Crippen molar-refractivity contribution in [2.24, 2.45) is 0 Å². The molecule has 0 aromatic heterocycles. The molecule has 0 bridgehead atoms. The monoisotopic (exact) mass is 875 g/mol. The molecule has 0 rings (SSSR count). The summed E-state index contributed by atoms with van der Waals surface area (Å²) in [4.78, 5) is 22.9. The van der Waals surface area contributed by atoms with Crippen LogP contribution in [-0.4, -0.2) is 75.6 Å². The van der Waals surface area contributed by atoms with Gasteiger partial charge in [0.15, 0.2) is 0 Å². The minimum atomic E-state index is -4.29. The third kappa shape index (κ3) is 48.6. The molecule has 0 saturated heterocycles. The Labute approximate surface area is 375 Å². The summed E-state index contributed by atoms with van der Waals surface area (Å²) in [5, 5.41) is 0. The second-order valence-corrected chi connectivity index (χ2v) is 18.6. The molecule has 8 nitrogen and oxygen atoms in total. The van der Waals surface area contributed by atoms with Crippen LogP contribution in [0.1, 0.15) is 181 Å². The van der Waals surface area contributed by atoms with Crippen molar-refractivity contribution in [2.75, 3.05) is 54.1 Å². The molecular weight excluding hydrogens is 782 g/mol. The molecule has 0 aliphatic rings. The number of rotatable bonds is 44. The van der Waals surface area contributed by atoms with Crippen LogP contribution in [0.5, 0.6) is 0 Å². The molecule has 61 heavy (non-hydrogen) atoms. The number of allylic oxidation sites excluding steroid dienone is 14. The molecule has 1 N–H and O–H groups in total. The zero-order valence-electron chi connectivity index (χ0n) is 39.9. The highest BCUT2D eigenvalue weighted by Gasteiger charge is 2.26. The van der Waals surface area contributed by atoms with Gasteiger partial charge in [-0.3, -0.25) is 13.8 Å². The van der Waals surface area contributed by atoms with Gasteiger partial charge in [-0.15, -0.1) is 0 Å². The maximum Gasteiger partial charge on any atom is 0.472 e. The number of quaternary nitrogens is 1. The molecule has 0 aromatic carbocycles. The number of hydrogen-bond donors (Lipinski definition) is 1. The van der Waals surface area contributed by atoms with Crippen LogP contribution >= 0.6 is 7.82 Å². The lowest BCUT2D eigenvalue weighted by Gasteiger charge is -2.24. The lowest BCUT2D eigenvalue weighted by atomic mass is 10.1. The summed E-state index contributed by atoms with van der Waals surface area (Å²) < 4.78 is 35.1. The fourth-order valence-electron chi connectivity index (χ4n) is 6.20. The number of phosphoric acid groups is 1. The highest BCUT2D eigenvalue weighted by atomic mass is 31.2. The Morgan fingerprint density at radius 1 is 0.525 bits per heavy atom. The van der Waals surface area contributed by atoms with Crippen LogP contribution < -0.4 is 0 Å². The Kier molecular flexibility index (Phi) is 42.6. The minimum absolute atomic E-state index is 0.0785. The van der Waals surface area contributed by atoms with Gasteiger partial charge in [0.05, 0.1) is 34.4 Å². The van der Waals surface area contributed by atoms with Gasteiger partial charge in [-0.25, -0.2) is 4.57 Å². The second kappa shape index (κ2) is 44.3. The zero-order valence-corrected chi connectivity index (χ0v) is 40.8. The standard InChI is InChI=1S/C52H92NO7P/c1-6-8-10-12-14-16-18-20-22-23-24-25-26-27-28-29-30-32-34-36-38-40-42-44-47-57-49-51(50-59-61(55,56)58-48-46-53(3,4)5)60-52(54)45-43-41-39-37-35-33-31-21-19-17-15-13-11-9-7-2/h8,10,14,16,20-22,24-25,27-28,30-32,51H,6-7,9,11-13,15,17-19,23,26,29,33-50H2,1-5H3/p+1/b10-8-,16-14-,22-20-,25-24-,28-27-,31-21-,32-30-. The number of ether oxygens (including phenoxy) is 2. The molecule has 0 amide bonds. The first kappa shape index (κ1) is 58.7. The SMILES string of the molecule is CC/C=C\C/C=C\C/C=C\C/C=C\C/C=C\C/C=C\CCCCCCCOCC(COP(=O)(O)OCC[N+](C)(C)C)OC(=O)CCCCCCC/C=C\CCCCCCCC. The Bertz CT molecular complexity index is 1250. The van der Waals surface area contributed by atoms with Gasteiger partial charge in [0.25, 0.3) is 0 Å². The molecule has 0 aromatic rings. The van der Waals surface area contributed by atoms with Crippen LogP contribution in [0.2, 0.25) is 0 Å². The first-order valence-electron chi connectivity index (χ1n) is 24.3. The van der Waals surface area contributed by atoms with Crippen molar-refractivity contribution < 1.29 is 37.3 Å². The van der Waals surface area contributed by atoms with Gasteiger partial charge in [-0.2, -0.15) is 0 Å². The quantitative estimate of drug-likeness (QED) is 0.0214. The van der Waals surface area contributed by atoms with E-state index < -0.39 is 13.9 Å². The Hall–Kier alpha value is -2.32. The molecule has 9 heteroatoms. The molecule has 2 atom stereocenters. The third-order valence-corrected chi connectivity index (χ3v) is 10.9. The van der Waals surface area contributed by atoms with Crippen molar-refractivity contribution in [3.8, 4) is 0 Å². The summed E-state index contributed by atoms with van der Waals surface area (Å²) in [7, 11) is 1.64. The molecule has 0 spiro atoms. The van der Waals surface area contributed by atoms with E-state index in [1.165, 1.54) is 64.2 Å². The van der Waals surface area contributed by atoms with Crippen molar-refractivity contribution in [3.63, 3.8) is 0 Å². The fraction of sp³-hybridized carbons (Fsp3) is 0.712. The van der Waals surface area contributed by atoms with E-state index in [2.05, 4.69) is 98.9 Å². The molecule has 0 aliphatic heterocycles. The normalized spacial score (nSPS) is 14.4. The molecular formula is C52H93NO7P+. The molecule has 352 valence electrons. The number of phosphoric ester groups is 1. The Morgan fingerprint density at radius 2 is 0.951 bits per heavy atom. The smallest absolute Gasteiger partial charge is 0.457 e. The summed E-state index contributed by atoms with van der Waals surface area (Å²) in [5.74, 6) is -0.333. The number of carbonyl (C=O) groups excluding carboxylic acids is 1. The van der Waals surface area contributed by atoms with E-state index in [1.54, 1.807) is 0 Å². The predicted molar refractivity (Wildman–Crippen MR) is 261 cm³/mol. The van der Waals surface area contributed by atoms with E-state index in [1.807, 2.05) is 21.1 Å². The number of esters is 1. The number of nitrogens with zero attached hydrogens (tertiary/aromatic N) is 1. The molecule has 2 unspecified atom stereocenters. The largest absolute Gasteiger partial charge is 0.472 e. The summed E-state index contributed by atoms with van der Waals surface area (Å²) in [6.07, 6.45) is 59.1. The minimum Gasteiger partial charge on any atom is -0.457 e. The highest BCUT2D eigenvalue weighted by Crippen LogP contribution is 2.43. The van der Waals surface area contributed by atoms with Crippen LogP contribution in [0.25, 0.3) is 0 Å². The van der Waals surface area contributed by atoms with Crippen LogP contribution in [0.4, 0.5) is 0 Å². The third-order valence-electron chi connectivity index (χ3n) is 9.94. The summed E-state index contributed by atoms with van der Waals surface area (Å²) in [5.41, 5.74) is 0. The van der Waals surface area contributed by atoms with Gasteiger partial charge >= 0.3 is 13.8 Å². The van der Waals surface area contributed by atoms with E-state index in [9.17, 15) is 14.3 Å². The summed E-state index contributed by atoms with van der Waals surface area (Å²) in [6, 6.07) is 0. The van der Waals surface area contributed by atoms with Gasteiger partial charge in [0, 0.05) is 13.0 Å². The maximum atomic E-state index is 12.7. The van der Waals surface area contributed by atoms with Crippen LogP contribution in [0.3, 0.4) is 0 Å². The van der Waals surface area contributed by atoms with E-state index in [-0.39, 0.29) is 25.8 Å². The van der Waals surface area contributed by atoms with Gasteiger partial charge in [0.2, 0.25) is 0 Å². The van der Waals surface area contributed by atoms with Crippen LogP contribution in [0, 0.1) is 0 Å². The number of unbranched alkanes of at least 4 members (excludes halogenated alkanes) is 16. The zero-order chi connectivity index (χ0) is 44.8. The lowest BCUT2D eigenvalue weighted by molar-refractivity contribution is -0.870. The van der Waals surface area contributed by atoms with E-state index in [0.717, 1.165) is 96.3 Å². The van der Waals surface area contributed by atoms with Gasteiger partial charge in [-0.1, -0.05) is 170 Å². The number of likely N-dealkylation sites (N-methyl/N-ethyl adjacent to an activating group) is 1. The summed E-state index contributed by atoms with van der Waals surface area (Å²) in [6.45, 7) is 5.43. The first-order chi connectivity index (χ1) is 29.6. The fourth-order valence-corrected chi connectivity index (χ4v) is 6.94. The first-order valence-corrected chi connectivity index (χ1v) is 25.8. The van der Waals surface area contributed by atoms with Gasteiger partial charge in [-0.05, 0) is 89.9 Å². The Balaban J connectivity index is 4.24. The second-order valence-electron chi connectivity index (χ2n) is 17.1. The molecule has 0 aliphatic carbocycles. The molecule has 0 radical (unpaired) electrons. The number of carbonyl (C=O) groups is 1. The molecule has 0 saturated carbocycles. The number of hydrogen-bond acceptors (Lipinski definition) is 6. The van der Waals surface area contributed by atoms with Crippen molar-refractivity contribution >= 4 is 13.8 Å². The highest BCUT2D eigenvalue weighted by molar-refractivity contribution is 7.47. The van der Waals surface area contributed by atoms with Crippen LogP contribution in [0.15, 0.2) is 85.1 Å². The maximum absolute atomic E-state index is 12.7. The average Bonchev–Trinajstić information content (AvgIpc) is 3.22. The topological polar surface area (TPSA) is 91.3 Å². The van der Waals surface area contributed by atoms with Crippen molar-refractivity contribution in [3.05, 3.63) is 85.1 Å². The Morgan fingerprint density at radius 3 is 1.44 bits per heavy atom. The van der Waals surface area contributed by atoms with E-state index >= 15 is 0 Å². The average molecular weight is 875 g/mol. The van der Waals surface area contributed by atoms with E-state index in [4.69, 9.17) is 18.5 Å². The van der Waals surface area contributed by atoms with Gasteiger partial charge < -0.3 is 18.9 Å². The predicted octanol–water partition coefficient (Wildman–Crippen LogP) is 14.8. The van der Waals surface area contributed by atoms with Crippen molar-refractivity contribution in [1.29, 1.82) is 0 Å². The lowest BCUT2D eigenvalue weighted by Crippen LogP contribution is -2.37. The van der Waals surface area contributed by atoms with Crippen molar-refractivity contribution in [2.45, 2.75) is 187 Å². The molecule has 0 heterocycles. The van der Waals surface area contributed by atoms with Crippen LogP contribution in [-0.2, 0) is 27.9 Å². The van der Waals surface area contributed by atoms with Gasteiger partial charge in [0.1, 0.15) is 19.3 Å². The summed E-state index contributed by atoms with van der Waals surface area (Å²) >= 11 is 0. The van der Waals surface area contributed by atoms with E-state index in [0.29, 0.717) is 24.1 Å².